The number of carbonyl (C=O) groups is 1. The molecule has 1 N–H and O–H groups in total. The summed E-state index contributed by atoms with van der Waals surface area (Å²) >= 11 is 0. The molecule has 98 valence electrons. The summed E-state index contributed by atoms with van der Waals surface area (Å²) in [7, 11) is 0. The van der Waals surface area contributed by atoms with Crippen LogP contribution >= 0.6 is 0 Å². The topological polar surface area (TPSA) is 40.5 Å². The molecule has 0 aliphatic carbocycles. The third kappa shape index (κ3) is 2.56. The molecule has 0 saturated carbocycles. The molecule has 3 unspecified atom stereocenters. The molecular weight excluding hydrogens is 226 g/mol. The summed E-state index contributed by atoms with van der Waals surface area (Å²) in [4.78, 5) is 13.4. The lowest BCUT2D eigenvalue weighted by molar-refractivity contribution is -0.143. The third-order valence-corrected chi connectivity index (χ3v) is 3.97. The van der Waals surface area contributed by atoms with Crippen LogP contribution in [0.15, 0.2) is 30.3 Å². The number of carboxylic acid groups (broad SMARTS) is 1. The van der Waals surface area contributed by atoms with Gasteiger partial charge in [0.1, 0.15) is 6.04 Å². The van der Waals surface area contributed by atoms with Crippen LogP contribution in [0.4, 0.5) is 0 Å². The molecule has 1 aromatic carbocycles. The van der Waals surface area contributed by atoms with Crippen LogP contribution in [-0.4, -0.2) is 34.6 Å². The summed E-state index contributed by atoms with van der Waals surface area (Å²) in [5.41, 5.74) is 1.33. The molecule has 1 aliphatic rings. The molecule has 18 heavy (non-hydrogen) atoms. The Balaban J connectivity index is 2.11. The van der Waals surface area contributed by atoms with Crippen molar-refractivity contribution in [1.82, 2.24) is 4.90 Å². The van der Waals surface area contributed by atoms with Gasteiger partial charge >= 0.3 is 5.97 Å². The van der Waals surface area contributed by atoms with E-state index >= 15 is 0 Å². The van der Waals surface area contributed by atoms with E-state index in [2.05, 4.69) is 36.1 Å². The first-order valence-electron chi connectivity index (χ1n) is 6.67. The lowest BCUT2D eigenvalue weighted by atomic mass is 9.97. The number of benzene rings is 1. The van der Waals surface area contributed by atoms with Crippen LogP contribution in [0.25, 0.3) is 0 Å². The number of carboxylic acids is 1. The number of rotatable bonds is 4. The highest BCUT2D eigenvalue weighted by Crippen LogP contribution is 2.33. The Morgan fingerprint density at radius 1 is 1.44 bits per heavy atom. The van der Waals surface area contributed by atoms with Crippen molar-refractivity contribution < 1.29 is 9.90 Å². The SMILES string of the molecule is CCC(C(=O)O)N1CC(c2ccccc2)CC1C. The minimum absolute atomic E-state index is 0.339. The number of nitrogens with zero attached hydrogens (tertiary/aromatic N) is 1. The Bertz CT molecular complexity index is 404. The summed E-state index contributed by atoms with van der Waals surface area (Å²) in [5, 5.41) is 9.27. The van der Waals surface area contributed by atoms with Gasteiger partial charge in [-0.2, -0.15) is 0 Å². The van der Waals surface area contributed by atoms with E-state index in [1.165, 1.54) is 5.56 Å². The molecule has 0 aromatic heterocycles. The molecule has 2 rings (SSSR count). The molecule has 1 heterocycles. The molecule has 1 aliphatic heterocycles. The summed E-state index contributed by atoms with van der Waals surface area (Å²) in [5.74, 6) is -0.229. The maximum absolute atomic E-state index is 11.3. The van der Waals surface area contributed by atoms with Gasteiger partial charge in [0, 0.05) is 12.6 Å². The minimum Gasteiger partial charge on any atom is -0.480 e. The Labute approximate surface area is 108 Å². The van der Waals surface area contributed by atoms with Gasteiger partial charge in [-0.05, 0) is 31.2 Å². The predicted molar refractivity (Wildman–Crippen MR) is 71.7 cm³/mol. The Hall–Kier alpha value is -1.35. The molecule has 1 fully saturated rings. The minimum atomic E-state index is -0.696. The average molecular weight is 247 g/mol. The molecule has 1 aromatic rings. The molecule has 3 heteroatoms. The van der Waals surface area contributed by atoms with Crippen molar-refractivity contribution in [2.45, 2.75) is 44.7 Å². The fourth-order valence-corrected chi connectivity index (χ4v) is 3.01. The van der Waals surface area contributed by atoms with Gasteiger partial charge in [0.15, 0.2) is 0 Å². The summed E-state index contributed by atoms with van der Waals surface area (Å²) < 4.78 is 0. The summed E-state index contributed by atoms with van der Waals surface area (Å²) in [6.45, 7) is 4.94. The second-order valence-corrected chi connectivity index (χ2v) is 5.15. The van der Waals surface area contributed by atoms with Crippen LogP contribution in [0.1, 0.15) is 38.2 Å². The number of likely N-dealkylation sites (tertiary alicyclic amines) is 1. The van der Waals surface area contributed by atoms with Crippen molar-refractivity contribution in [2.24, 2.45) is 0 Å². The van der Waals surface area contributed by atoms with Gasteiger partial charge in [-0.15, -0.1) is 0 Å². The second-order valence-electron chi connectivity index (χ2n) is 5.15. The predicted octanol–water partition coefficient (Wildman–Crippen LogP) is 2.73. The highest BCUT2D eigenvalue weighted by molar-refractivity contribution is 5.73. The maximum atomic E-state index is 11.3. The molecule has 0 bridgehead atoms. The van der Waals surface area contributed by atoms with E-state index in [0.29, 0.717) is 18.4 Å². The van der Waals surface area contributed by atoms with Crippen molar-refractivity contribution in [2.75, 3.05) is 6.54 Å². The van der Waals surface area contributed by atoms with Gasteiger partial charge in [-0.25, -0.2) is 0 Å². The smallest absolute Gasteiger partial charge is 0.320 e. The Morgan fingerprint density at radius 2 is 2.11 bits per heavy atom. The normalized spacial score (nSPS) is 26.1. The first kappa shape index (κ1) is 13.1. The van der Waals surface area contributed by atoms with Gasteiger partial charge in [0.25, 0.3) is 0 Å². The monoisotopic (exact) mass is 247 g/mol. The quantitative estimate of drug-likeness (QED) is 0.889. The fourth-order valence-electron chi connectivity index (χ4n) is 3.01. The van der Waals surface area contributed by atoms with Gasteiger partial charge in [-0.3, -0.25) is 9.69 Å². The average Bonchev–Trinajstić information content (AvgIpc) is 2.73. The van der Waals surface area contributed by atoms with E-state index in [1.807, 2.05) is 13.0 Å². The van der Waals surface area contributed by atoms with Crippen molar-refractivity contribution in [3.05, 3.63) is 35.9 Å². The molecule has 0 radical (unpaired) electrons. The lowest BCUT2D eigenvalue weighted by Gasteiger charge is -2.27. The number of hydrogen-bond donors (Lipinski definition) is 1. The van der Waals surface area contributed by atoms with Crippen molar-refractivity contribution in [3.63, 3.8) is 0 Å². The van der Waals surface area contributed by atoms with Crippen LogP contribution in [0.5, 0.6) is 0 Å². The summed E-state index contributed by atoms with van der Waals surface area (Å²) in [6, 6.07) is 10.4. The first-order valence-corrected chi connectivity index (χ1v) is 6.67. The summed E-state index contributed by atoms with van der Waals surface area (Å²) in [6.07, 6.45) is 1.72. The van der Waals surface area contributed by atoms with E-state index in [4.69, 9.17) is 0 Å². The van der Waals surface area contributed by atoms with E-state index < -0.39 is 5.97 Å². The first-order chi connectivity index (χ1) is 8.63. The molecule has 0 spiro atoms. The highest BCUT2D eigenvalue weighted by atomic mass is 16.4. The molecule has 3 nitrogen and oxygen atoms in total. The van der Waals surface area contributed by atoms with Gasteiger partial charge in [0.05, 0.1) is 0 Å². The molecule has 1 saturated heterocycles. The van der Waals surface area contributed by atoms with Crippen LogP contribution in [-0.2, 0) is 4.79 Å². The molecule has 3 atom stereocenters. The van der Waals surface area contributed by atoms with E-state index in [-0.39, 0.29) is 6.04 Å². The Morgan fingerprint density at radius 3 is 2.67 bits per heavy atom. The van der Waals surface area contributed by atoms with E-state index in [0.717, 1.165) is 13.0 Å². The Kier molecular flexibility index (Phi) is 4.02. The van der Waals surface area contributed by atoms with Crippen LogP contribution in [0.2, 0.25) is 0 Å². The van der Waals surface area contributed by atoms with E-state index in [9.17, 15) is 9.90 Å². The van der Waals surface area contributed by atoms with Gasteiger partial charge in [0.2, 0.25) is 0 Å². The zero-order chi connectivity index (χ0) is 13.1. The number of hydrogen-bond acceptors (Lipinski definition) is 2. The van der Waals surface area contributed by atoms with Crippen LogP contribution in [0.3, 0.4) is 0 Å². The molecular formula is C15H21NO2. The van der Waals surface area contributed by atoms with Crippen molar-refractivity contribution >= 4 is 5.97 Å². The van der Waals surface area contributed by atoms with E-state index in [1.54, 1.807) is 0 Å². The van der Waals surface area contributed by atoms with Crippen LogP contribution in [0, 0.1) is 0 Å². The maximum Gasteiger partial charge on any atom is 0.320 e. The third-order valence-electron chi connectivity index (χ3n) is 3.97. The fraction of sp³-hybridized carbons (Fsp3) is 0.533. The number of aliphatic carboxylic acids is 1. The largest absolute Gasteiger partial charge is 0.480 e. The van der Waals surface area contributed by atoms with Gasteiger partial charge in [-0.1, -0.05) is 37.3 Å². The van der Waals surface area contributed by atoms with Gasteiger partial charge < -0.3 is 5.11 Å². The molecule has 0 amide bonds. The van der Waals surface area contributed by atoms with Crippen LogP contribution < -0.4 is 0 Å². The highest BCUT2D eigenvalue weighted by Gasteiger charge is 2.36. The standard InChI is InChI=1S/C15H21NO2/c1-3-14(15(17)18)16-10-13(9-11(16)2)12-7-5-4-6-8-12/h4-8,11,13-14H,3,9-10H2,1-2H3,(H,17,18). The lowest BCUT2D eigenvalue weighted by Crippen LogP contribution is -2.42. The zero-order valence-electron chi connectivity index (χ0n) is 11.0. The zero-order valence-corrected chi connectivity index (χ0v) is 11.0. The van der Waals surface area contributed by atoms with Crippen molar-refractivity contribution in [1.29, 1.82) is 0 Å². The second kappa shape index (κ2) is 5.53. The van der Waals surface area contributed by atoms with Crippen molar-refractivity contribution in [3.8, 4) is 0 Å².